The van der Waals surface area contributed by atoms with E-state index < -0.39 is 5.91 Å². The van der Waals surface area contributed by atoms with Crippen LogP contribution in [0.2, 0.25) is 0 Å². The van der Waals surface area contributed by atoms with E-state index in [9.17, 15) is 9.59 Å². The van der Waals surface area contributed by atoms with Crippen molar-refractivity contribution in [3.63, 3.8) is 0 Å². The quantitative estimate of drug-likeness (QED) is 0.876. The Hall–Kier alpha value is -2.19. The van der Waals surface area contributed by atoms with E-state index in [2.05, 4.69) is 15.3 Å². The highest BCUT2D eigenvalue weighted by molar-refractivity contribution is 7.17. The van der Waals surface area contributed by atoms with Crippen molar-refractivity contribution >= 4 is 28.2 Å². The Morgan fingerprint density at radius 2 is 2.18 bits per heavy atom. The summed E-state index contributed by atoms with van der Waals surface area (Å²) >= 11 is 1.41. The van der Waals surface area contributed by atoms with Gasteiger partial charge in [0.25, 0.3) is 11.8 Å². The zero-order chi connectivity index (χ0) is 15.9. The summed E-state index contributed by atoms with van der Waals surface area (Å²) in [4.78, 5) is 27.3. The fraction of sp³-hybridized carbons (Fsp3) is 0.357. The van der Waals surface area contributed by atoms with Crippen molar-refractivity contribution in [3.05, 3.63) is 34.0 Å². The SMILES string of the molecule is CN1CCc2c(sc(NC(=O)c3ccn(C)n3)c2C(N)=O)C1. The Morgan fingerprint density at radius 3 is 2.82 bits per heavy atom. The molecule has 1 aliphatic rings. The lowest BCUT2D eigenvalue weighted by Gasteiger charge is -2.22. The minimum atomic E-state index is -0.502. The van der Waals surface area contributed by atoms with Gasteiger partial charge in [-0.2, -0.15) is 5.10 Å². The summed E-state index contributed by atoms with van der Waals surface area (Å²) < 4.78 is 1.55. The third kappa shape index (κ3) is 2.62. The van der Waals surface area contributed by atoms with Crippen LogP contribution in [-0.2, 0) is 20.0 Å². The molecule has 0 fully saturated rings. The number of likely N-dealkylation sites (N-methyl/N-ethyl adjacent to an activating group) is 1. The van der Waals surface area contributed by atoms with E-state index in [1.54, 1.807) is 24.0 Å². The van der Waals surface area contributed by atoms with Gasteiger partial charge in [0.05, 0.1) is 5.56 Å². The number of nitrogens with one attached hydrogen (secondary N) is 1. The van der Waals surface area contributed by atoms with Crippen LogP contribution in [0.25, 0.3) is 0 Å². The first-order chi connectivity index (χ1) is 10.5. The Kier molecular flexibility index (Phi) is 3.71. The molecule has 0 saturated carbocycles. The smallest absolute Gasteiger partial charge is 0.276 e. The number of hydrogen-bond donors (Lipinski definition) is 2. The largest absolute Gasteiger partial charge is 0.365 e. The highest BCUT2D eigenvalue weighted by Gasteiger charge is 2.27. The predicted molar refractivity (Wildman–Crippen MR) is 84.0 cm³/mol. The van der Waals surface area contributed by atoms with Crippen molar-refractivity contribution in [2.45, 2.75) is 13.0 Å². The summed E-state index contributed by atoms with van der Waals surface area (Å²) in [6.45, 7) is 1.64. The van der Waals surface area contributed by atoms with Crippen LogP contribution in [-0.4, -0.2) is 40.1 Å². The molecule has 3 N–H and O–H groups in total. The summed E-state index contributed by atoms with van der Waals surface area (Å²) in [5.74, 6) is -0.839. The maximum atomic E-state index is 12.2. The fourth-order valence-electron chi connectivity index (χ4n) is 2.58. The van der Waals surface area contributed by atoms with Crippen molar-refractivity contribution in [1.82, 2.24) is 14.7 Å². The van der Waals surface area contributed by atoms with E-state index in [0.717, 1.165) is 30.0 Å². The molecule has 0 bridgehead atoms. The topological polar surface area (TPSA) is 93.2 Å². The van der Waals surface area contributed by atoms with Crippen LogP contribution in [0.3, 0.4) is 0 Å². The molecule has 2 aromatic heterocycles. The zero-order valence-corrected chi connectivity index (χ0v) is 13.2. The van der Waals surface area contributed by atoms with Crippen molar-refractivity contribution < 1.29 is 9.59 Å². The van der Waals surface area contributed by atoms with Crippen LogP contribution < -0.4 is 11.1 Å². The van der Waals surface area contributed by atoms with Crippen LogP contribution in [0.4, 0.5) is 5.00 Å². The van der Waals surface area contributed by atoms with E-state index in [4.69, 9.17) is 5.73 Å². The van der Waals surface area contributed by atoms with Gasteiger partial charge >= 0.3 is 0 Å². The van der Waals surface area contributed by atoms with E-state index in [-0.39, 0.29) is 5.91 Å². The first-order valence-corrected chi connectivity index (χ1v) is 7.71. The number of fused-ring (bicyclic) bond motifs is 1. The molecule has 116 valence electrons. The van der Waals surface area contributed by atoms with Gasteiger partial charge in [0.1, 0.15) is 5.00 Å². The Bertz CT molecular complexity index is 748. The van der Waals surface area contributed by atoms with Gasteiger partial charge in [-0.05, 0) is 25.1 Å². The number of aryl methyl sites for hydroxylation is 1. The molecule has 0 aliphatic carbocycles. The van der Waals surface area contributed by atoms with Gasteiger partial charge < -0.3 is 16.0 Å². The van der Waals surface area contributed by atoms with Crippen molar-refractivity contribution in [3.8, 4) is 0 Å². The minimum Gasteiger partial charge on any atom is -0.365 e. The molecule has 2 amide bonds. The molecule has 1 aliphatic heterocycles. The maximum absolute atomic E-state index is 12.2. The summed E-state index contributed by atoms with van der Waals surface area (Å²) in [7, 11) is 3.77. The molecule has 8 heteroatoms. The van der Waals surface area contributed by atoms with Gasteiger partial charge in [-0.1, -0.05) is 0 Å². The molecular formula is C14H17N5O2S. The highest BCUT2D eigenvalue weighted by Crippen LogP contribution is 2.36. The fourth-order valence-corrected chi connectivity index (χ4v) is 3.91. The lowest BCUT2D eigenvalue weighted by molar-refractivity contribution is 0.1000. The number of carbonyl (C=O) groups is 2. The van der Waals surface area contributed by atoms with E-state index in [1.807, 2.05) is 7.05 Å². The average molecular weight is 319 g/mol. The molecule has 0 atom stereocenters. The Balaban J connectivity index is 1.93. The normalized spacial score (nSPS) is 14.6. The van der Waals surface area contributed by atoms with Crippen molar-refractivity contribution in [2.75, 3.05) is 18.9 Å². The Labute approximate surface area is 131 Å². The van der Waals surface area contributed by atoms with Gasteiger partial charge in [0.2, 0.25) is 0 Å². The molecule has 0 aromatic carbocycles. The average Bonchev–Trinajstić information content (AvgIpc) is 3.01. The summed E-state index contributed by atoms with van der Waals surface area (Å²) in [5, 5.41) is 7.36. The maximum Gasteiger partial charge on any atom is 0.276 e. The van der Waals surface area contributed by atoms with Crippen LogP contribution in [0.5, 0.6) is 0 Å². The molecule has 3 heterocycles. The van der Waals surface area contributed by atoms with Gasteiger partial charge in [-0.25, -0.2) is 0 Å². The molecular weight excluding hydrogens is 302 g/mol. The van der Waals surface area contributed by atoms with Crippen LogP contribution in [0.15, 0.2) is 12.3 Å². The lowest BCUT2D eigenvalue weighted by atomic mass is 10.0. The van der Waals surface area contributed by atoms with E-state index >= 15 is 0 Å². The monoisotopic (exact) mass is 319 g/mol. The lowest BCUT2D eigenvalue weighted by Crippen LogP contribution is -2.27. The standard InChI is InChI=1S/C14H17N5O2S/c1-18-5-3-8-10(7-18)22-14(11(8)12(15)20)16-13(21)9-4-6-19(2)17-9/h4,6H,3,5,7H2,1-2H3,(H2,15,20)(H,16,21). The number of rotatable bonds is 3. The number of primary amides is 1. The molecule has 22 heavy (non-hydrogen) atoms. The molecule has 0 saturated heterocycles. The van der Waals surface area contributed by atoms with Gasteiger partial charge in [-0.15, -0.1) is 11.3 Å². The van der Waals surface area contributed by atoms with Gasteiger partial charge in [0, 0.05) is 31.2 Å². The third-order valence-electron chi connectivity index (χ3n) is 3.67. The highest BCUT2D eigenvalue weighted by atomic mass is 32.1. The van der Waals surface area contributed by atoms with Crippen molar-refractivity contribution in [1.29, 1.82) is 0 Å². The number of nitrogens with two attached hydrogens (primary N) is 1. The summed E-state index contributed by atoms with van der Waals surface area (Å²) in [5.41, 5.74) is 7.23. The molecule has 0 spiro atoms. The number of nitrogens with zero attached hydrogens (tertiary/aromatic N) is 3. The molecule has 3 rings (SSSR count). The number of carbonyl (C=O) groups excluding carboxylic acids is 2. The van der Waals surface area contributed by atoms with Gasteiger partial charge in [-0.3, -0.25) is 14.3 Å². The molecule has 2 aromatic rings. The summed E-state index contributed by atoms with van der Waals surface area (Å²) in [6.07, 6.45) is 2.46. The first-order valence-electron chi connectivity index (χ1n) is 6.89. The van der Waals surface area contributed by atoms with E-state index in [1.165, 1.54) is 11.3 Å². The number of thiophene rings is 1. The Morgan fingerprint density at radius 1 is 1.41 bits per heavy atom. The number of anilines is 1. The predicted octanol–water partition coefficient (Wildman–Crippen LogP) is 0.821. The van der Waals surface area contributed by atoms with E-state index in [0.29, 0.717) is 16.3 Å². The third-order valence-corrected chi connectivity index (χ3v) is 4.80. The van der Waals surface area contributed by atoms with Crippen LogP contribution in [0.1, 0.15) is 31.3 Å². The molecule has 0 radical (unpaired) electrons. The van der Waals surface area contributed by atoms with Gasteiger partial charge in [0.15, 0.2) is 5.69 Å². The first kappa shape index (κ1) is 14.7. The second-order valence-corrected chi connectivity index (χ2v) is 6.49. The number of amides is 2. The second kappa shape index (κ2) is 5.54. The van der Waals surface area contributed by atoms with Crippen molar-refractivity contribution in [2.24, 2.45) is 12.8 Å². The molecule has 0 unspecified atom stereocenters. The second-order valence-electron chi connectivity index (χ2n) is 5.39. The van der Waals surface area contributed by atoms with Crippen LogP contribution in [0, 0.1) is 0 Å². The summed E-state index contributed by atoms with van der Waals surface area (Å²) in [6, 6.07) is 1.63. The minimum absolute atomic E-state index is 0.307. The number of hydrogen-bond acceptors (Lipinski definition) is 5. The number of aromatic nitrogens is 2. The van der Waals surface area contributed by atoms with Crippen LogP contribution >= 0.6 is 11.3 Å². The molecule has 7 nitrogen and oxygen atoms in total. The zero-order valence-electron chi connectivity index (χ0n) is 12.4.